The van der Waals surface area contributed by atoms with Crippen molar-refractivity contribution >= 4 is 33.2 Å². The van der Waals surface area contributed by atoms with Crippen LogP contribution in [-0.4, -0.2) is 13.7 Å². The van der Waals surface area contributed by atoms with E-state index in [1.165, 1.54) is 6.07 Å². The second kappa shape index (κ2) is 8.41. The van der Waals surface area contributed by atoms with Gasteiger partial charge in [0.25, 0.3) is 0 Å². The van der Waals surface area contributed by atoms with Crippen molar-refractivity contribution in [3.63, 3.8) is 0 Å². The van der Waals surface area contributed by atoms with Gasteiger partial charge < -0.3 is 14.8 Å². The van der Waals surface area contributed by atoms with E-state index in [1.807, 2.05) is 19.1 Å². The van der Waals surface area contributed by atoms with Crippen LogP contribution >= 0.6 is 27.5 Å². The van der Waals surface area contributed by atoms with E-state index in [1.54, 1.807) is 19.2 Å². The highest BCUT2D eigenvalue weighted by molar-refractivity contribution is 9.10. The molecule has 0 saturated carbocycles. The molecule has 0 heterocycles. The second-order valence-electron chi connectivity index (χ2n) is 4.94. The van der Waals surface area contributed by atoms with E-state index in [0.717, 1.165) is 22.1 Å². The highest BCUT2D eigenvalue weighted by Crippen LogP contribution is 2.37. The topological polar surface area (TPSA) is 30.5 Å². The molecule has 2 aromatic rings. The molecule has 0 aliphatic carbocycles. The van der Waals surface area contributed by atoms with Crippen LogP contribution in [0.4, 0.5) is 10.1 Å². The van der Waals surface area contributed by atoms with Crippen LogP contribution in [0.3, 0.4) is 0 Å². The fraction of sp³-hybridized carbons (Fsp3) is 0.294. The van der Waals surface area contributed by atoms with Gasteiger partial charge in [-0.05, 0) is 58.2 Å². The van der Waals surface area contributed by atoms with Gasteiger partial charge in [-0.15, -0.1) is 0 Å². The van der Waals surface area contributed by atoms with Gasteiger partial charge in [0.1, 0.15) is 5.82 Å². The Labute approximate surface area is 148 Å². The average molecular weight is 403 g/mol. The zero-order chi connectivity index (χ0) is 16.8. The molecular formula is C17H18BrClFNO2. The second-order valence-corrected chi connectivity index (χ2v) is 6.20. The summed E-state index contributed by atoms with van der Waals surface area (Å²) in [7, 11) is 1.61. The maximum absolute atomic E-state index is 13.2. The SMILES string of the molecule is CCCOc1c(Br)cc(CNc2ccc(F)c(Cl)c2)cc1OC. The van der Waals surface area contributed by atoms with Crippen LogP contribution in [-0.2, 0) is 6.54 Å². The zero-order valence-electron chi connectivity index (χ0n) is 13.0. The Hall–Kier alpha value is -1.46. The van der Waals surface area contributed by atoms with E-state index < -0.39 is 5.82 Å². The van der Waals surface area contributed by atoms with Crippen molar-refractivity contribution < 1.29 is 13.9 Å². The highest BCUT2D eigenvalue weighted by Gasteiger charge is 2.11. The normalized spacial score (nSPS) is 10.5. The van der Waals surface area contributed by atoms with Gasteiger partial charge in [-0.2, -0.15) is 0 Å². The van der Waals surface area contributed by atoms with Crippen molar-refractivity contribution in [1.29, 1.82) is 0 Å². The van der Waals surface area contributed by atoms with Gasteiger partial charge in [-0.1, -0.05) is 18.5 Å². The first-order valence-corrected chi connectivity index (χ1v) is 8.40. The molecule has 0 unspecified atom stereocenters. The molecule has 23 heavy (non-hydrogen) atoms. The van der Waals surface area contributed by atoms with E-state index in [-0.39, 0.29) is 5.02 Å². The third-order valence-corrected chi connectivity index (χ3v) is 4.03. The molecule has 0 spiro atoms. The standard InChI is InChI=1S/C17H18BrClFNO2/c1-3-6-23-17-13(18)7-11(8-16(17)22-2)10-21-12-4-5-15(20)14(19)9-12/h4-5,7-9,21H,3,6,10H2,1-2H3. The smallest absolute Gasteiger partial charge is 0.175 e. The number of hydrogen-bond donors (Lipinski definition) is 1. The summed E-state index contributed by atoms with van der Waals surface area (Å²) >= 11 is 9.29. The van der Waals surface area contributed by atoms with Crippen molar-refractivity contribution in [2.75, 3.05) is 19.0 Å². The predicted octanol–water partition coefficient (Wildman–Crippen LogP) is 5.65. The van der Waals surface area contributed by atoms with Crippen LogP contribution in [0.1, 0.15) is 18.9 Å². The summed E-state index contributed by atoms with van der Waals surface area (Å²) in [5.74, 6) is 0.934. The molecule has 124 valence electrons. The minimum absolute atomic E-state index is 0.0945. The fourth-order valence-corrected chi connectivity index (χ4v) is 2.81. The first-order chi connectivity index (χ1) is 11.0. The van der Waals surface area contributed by atoms with Gasteiger partial charge in [-0.3, -0.25) is 0 Å². The summed E-state index contributed by atoms with van der Waals surface area (Å²) in [4.78, 5) is 0. The summed E-state index contributed by atoms with van der Waals surface area (Å²) in [6.07, 6.45) is 0.921. The van der Waals surface area contributed by atoms with Crippen LogP contribution in [0, 0.1) is 5.82 Å². The summed E-state index contributed by atoms with van der Waals surface area (Å²) in [5.41, 5.74) is 1.75. The average Bonchev–Trinajstić information content (AvgIpc) is 2.54. The molecule has 0 radical (unpaired) electrons. The van der Waals surface area contributed by atoms with Crippen molar-refractivity contribution in [2.24, 2.45) is 0 Å². The molecular weight excluding hydrogens is 385 g/mol. The summed E-state index contributed by atoms with van der Waals surface area (Å²) in [6.45, 7) is 3.22. The summed E-state index contributed by atoms with van der Waals surface area (Å²) in [5, 5.41) is 3.30. The molecule has 6 heteroatoms. The number of anilines is 1. The van der Waals surface area contributed by atoms with Crippen molar-refractivity contribution in [3.05, 3.63) is 51.2 Å². The van der Waals surface area contributed by atoms with Gasteiger partial charge in [0.05, 0.1) is 23.2 Å². The Morgan fingerprint density at radius 2 is 2.04 bits per heavy atom. The lowest BCUT2D eigenvalue weighted by molar-refractivity contribution is 0.292. The Morgan fingerprint density at radius 3 is 2.70 bits per heavy atom. The summed E-state index contributed by atoms with van der Waals surface area (Å²) in [6, 6.07) is 8.41. The molecule has 2 rings (SSSR count). The van der Waals surface area contributed by atoms with E-state index in [4.69, 9.17) is 21.1 Å². The van der Waals surface area contributed by atoms with E-state index in [9.17, 15) is 4.39 Å². The van der Waals surface area contributed by atoms with Crippen molar-refractivity contribution in [1.82, 2.24) is 0 Å². The number of hydrogen-bond acceptors (Lipinski definition) is 3. The molecule has 2 aromatic carbocycles. The maximum atomic E-state index is 13.2. The minimum atomic E-state index is -0.431. The Balaban J connectivity index is 2.13. The molecule has 0 atom stereocenters. The predicted molar refractivity (Wildman–Crippen MR) is 95.2 cm³/mol. The van der Waals surface area contributed by atoms with Gasteiger partial charge in [-0.25, -0.2) is 4.39 Å². The van der Waals surface area contributed by atoms with Gasteiger partial charge in [0, 0.05) is 12.2 Å². The number of rotatable bonds is 7. The molecule has 1 N–H and O–H groups in total. The fourth-order valence-electron chi connectivity index (χ4n) is 2.03. The number of ether oxygens (including phenoxy) is 2. The minimum Gasteiger partial charge on any atom is -0.493 e. The first kappa shape index (κ1) is 17.9. The van der Waals surface area contributed by atoms with Crippen LogP contribution in [0.25, 0.3) is 0 Å². The molecule has 0 bridgehead atoms. The van der Waals surface area contributed by atoms with Gasteiger partial charge in [0.2, 0.25) is 0 Å². The number of halogens is 3. The molecule has 0 amide bonds. The lowest BCUT2D eigenvalue weighted by Gasteiger charge is -2.15. The monoisotopic (exact) mass is 401 g/mol. The largest absolute Gasteiger partial charge is 0.493 e. The van der Waals surface area contributed by atoms with E-state index in [0.29, 0.717) is 24.7 Å². The molecule has 0 aromatic heterocycles. The number of nitrogens with one attached hydrogen (secondary N) is 1. The third-order valence-electron chi connectivity index (χ3n) is 3.16. The Kier molecular flexibility index (Phi) is 6.54. The van der Waals surface area contributed by atoms with Crippen molar-refractivity contribution in [3.8, 4) is 11.5 Å². The molecule has 0 aliphatic rings. The van der Waals surface area contributed by atoms with Crippen LogP contribution in [0.2, 0.25) is 5.02 Å². The molecule has 0 aliphatic heterocycles. The maximum Gasteiger partial charge on any atom is 0.175 e. The lowest BCUT2D eigenvalue weighted by Crippen LogP contribution is -2.03. The van der Waals surface area contributed by atoms with Crippen LogP contribution in [0.15, 0.2) is 34.8 Å². The van der Waals surface area contributed by atoms with Crippen LogP contribution < -0.4 is 14.8 Å². The first-order valence-electron chi connectivity index (χ1n) is 7.23. The van der Waals surface area contributed by atoms with Crippen molar-refractivity contribution in [2.45, 2.75) is 19.9 Å². The highest BCUT2D eigenvalue weighted by atomic mass is 79.9. The number of benzene rings is 2. The Morgan fingerprint density at radius 1 is 1.26 bits per heavy atom. The Bertz CT molecular complexity index is 682. The summed E-state index contributed by atoms with van der Waals surface area (Å²) < 4.78 is 25.1. The molecule has 0 saturated heterocycles. The zero-order valence-corrected chi connectivity index (χ0v) is 15.3. The van der Waals surface area contributed by atoms with E-state index in [2.05, 4.69) is 21.2 Å². The molecule has 0 fully saturated rings. The van der Waals surface area contributed by atoms with E-state index >= 15 is 0 Å². The molecule has 3 nitrogen and oxygen atoms in total. The van der Waals surface area contributed by atoms with Crippen LogP contribution in [0.5, 0.6) is 11.5 Å². The number of methoxy groups -OCH3 is 1. The van der Waals surface area contributed by atoms with Gasteiger partial charge >= 0.3 is 0 Å². The quantitative estimate of drug-likeness (QED) is 0.649. The third kappa shape index (κ3) is 4.75. The van der Waals surface area contributed by atoms with Gasteiger partial charge in [0.15, 0.2) is 11.5 Å². The lowest BCUT2D eigenvalue weighted by atomic mass is 10.2.